The monoisotopic (exact) mass is 119 g/mol. The van der Waals surface area contributed by atoms with Crippen LogP contribution in [0.5, 0.6) is 0 Å². The van der Waals surface area contributed by atoms with Gasteiger partial charge in [0.15, 0.2) is 0 Å². The highest BCUT2D eigenvalue weighted by molar-refractivity contribution is 7.82. The summed E-state index contributed by atoms with van der Waals surface area (Å²) in [5, 5.41) is 9.83. The van der Waals surface area contributed by atoms with Crippen molar-refractivity contribution in [2.24, 2.45) is 0 Å². The Morgan fingerprint density at radius 2 is 1.86 bits per heavy atom. The maximum atomic E-state index is 9.83. The highest BCUT2D eigenvalue weighted by atomic mass is 32.1. The van der Waals surface area contributed by atoms with Gasteiger partial charge in [0.25, 0.3) is 0 Å². The molecule has 0 saturated carbocycles. The molecule has 0 radical (unpaired) electrons. The minimum absolute atomic E-state index is 1.00. The summed E-state index contributed by atoms with van der Waals surface area (Å²) in [5.41, 5.74) is 0. The predicted molar refractivity (Wildman–Crippen MR) is 28.1 cm³/mol. The Hall–Kier alpha value is -0.180. The molecule has 0 aliphatic rings. The van der Waals surface area contributed by atoms with Crippen molar-refractivity contribution in [2.75, 3.05) is 0 Å². The Balaban J connectivity index is 3.79. The van der Waals surface area contributed by atoms with Crippen molar-refractivity contribution < 1.29 is 9.90 Å². The lowest BCUT2D eigenvalue weighted by Gasteiger charge is -2.17. The molecular weight excluding hydrogens is 112 g/mol. The third-order valence-corrected chi connectivity index (χ3v) is 0.682. The van der Waals surface area contributed by atoms with E-state index in [9.17, 15) is 9.90 Å². The van der Waals surface area contributed by atoms with Crippen LogP contribution in [0.25, 0.3) is 0 Å². The lowest BCUT2D eigenvalue weighted by molar-refractivity contribution is -0.308. The molecule has 0 spiro atoms. The van der Waals surface area contributed by atoms with Crippen molar-refractivity contribution in [1.82, 2.24) is 0 Å². The Labute approximate surface area is 47.9 Å². The van der Waals surface area contributed by atoms with Crippen molar-refractivity contribution in [3.63, 3.8) is 0 Å². The first-order chi connectivity index (χ1) is 2.94. The third kappa shape index (κ3) is 2.51. The number of hydrogen-bond donors (Lipinski definition) is 1. The minimum atomic E-state index is -1.14. The van der Waals surface area contributed by atoms with Gasteiger partial charge in [-0.1, -0.05) is 0 Å². The van der Waals surface area contributed by atoms with E-state index in [0.717, 1.165) is 0 Å². The quantitative estimate of drug-likeness (QED) is 0.470. The maximum absolute atomic E-state index is 9.83. The zero-order valence-corrected chi connectivity index (χ0v) is 5.16. The first-order valence-electron chi connectivity index (χ1n) is 1.88. The molecule has 0 amide bonds. The summed E-state index contributed by atoms with van der Waals surface area (Å²) in [6.45, 7) is 2.93. The number of carboxylic acid groups (broad SMARTS) is 1. The van der Waals surface area contributed by atoms with Crippen LogP contribution in [0.15, 0.2) is 0 Å². The molecule has 0 aliphatic carbocycles. The van der Waals surface area contributed by atoms with Gasteiger partial charge in [0.05, 0.1) is 5.97 Å². The highest BCUT2D eigenvalue weighted by Crippen LogP contribution is 2.08. The van der Waals surface area contributed by atoms with Gasteiger partial charge in [0, 0.05) is 4.75 Å². The average molecular weight is 119 g/mol. The van der Waals surface area contributed by atoms with Crippen LogP contribution < -0.4 is 5.11 Å². The van der Waals surface area contributed by atoms with E-state index < -0.39 is 10.7 Å². The van der Waals surface area contributed by atoms with E-state index in [1.807, 2.05) is 0 Å². The third-order valence-electron chi connectivity index (χ3n) is 0.500. The molecule has 0 atom stereocenters. The van der Waals surface area contributed by atoms with Crippen molar-refractivity contribution in [3.8, 4) is 0 Å². The van der Waals surface area contributed by atoms with E-state index in [4.69, 9.17) is 0 Å². The molecule has 0 N–H and O–H groups in total. The highest BCUT2D eigenvalue weighted by Gasteiger charge is 2.10. The zero-order chi connectivity index (χ0) is 6.08. The number of carboxylic acids is 1. The first-order valence-corrected chi connectivity index (χ1v) is 2.33. The molecule has 0 aromatic rings. The Bertz CT molecular complexity index is 82.2. The van der Waals surface area contributed by atoms with Crippen LogP contribution in [0.1, 0.15) is 13.8 Å². The van der Waals surface area contributed by atoms with E-state index >= 15 is 0 Å². The van der Waals surface area contributed by atoms with Crippen molar-refractivity contribution in [1.29, 1.82) is 0 Å². The number of hydrogen-bond acceptors (Lipinski definition) is 3. The van der Waals surface area contributed by atoms with Gasteiger partial charge in [-0.15, -0.1) is 0 Å². The van der Waals surface area contributed by atoms with Crippen molar-refractivity contribution in [3.05, 3.63) is 0 Å². The standard InChI is InChI=1S/C4H8O2S/c1-4(2,7)3(5)6/h7H,1-2H3,(H,5,6)/p-1. The van der Waals surface area contributed by atoms with E-state index in [2.05, 4.69) is 12.6 Å². The Kier molecular flexibility index (Phi) is 1.69. The van der Waals surface area contributed by atoms with Crippen LogP contribution in [0, 0.1) is 0 Å². The molecular formula is C4H7O2S-. The number of carbonyl (C=O) groups excluding carboxylic acids is 1. The maximum Gasteiger partial charge on any atom is 0.0567 e. The SMILES string of the molecule is CC(C)(S)C(=O)[O-]. The number of carbonyl (C=O) groups is 1. The Morgan fingerprint density at radius 1 is 1.71 bits per heavy atom. The smallest absolute Gasteiger partial charge is 0.0567 e. The molecule has 0 bridgehead atoms. The van der Waals surface area contributed by atoms with Crippen LogP contribution in [-0.2, 0) is 4.79 Å². The van der Waals surface area contributed by atoms with Crippen molar-refractivity contribution in [2.45, 2.75) is 18.6 Å². The topological polar surface area (TPSA) is 40.1 Å². The van der Waals surface area contributed by atoms with E-state index in [1.54, 1.807) is 0 Å². The van der Waals surface area contributed by atoms with Crippen LogP contribution >= 0.6 is 12.6 Å². The second kappa shape index (κ2) is 1.74. The summed E-state index contributed by atoms with van der Waals surface area (Å²) in [5.74, 6) is -1.14. The number of rotatable bonds is 1. The predicted octanol–water partition coefficient (Wildman–Crippen LogP) is -0.555. The second-order valence-corrected chi connectivity index (χ2v) is 2.96. The summed E-state index contributed by atoms with van der Waals surface area (Å²) >= 11 is 3.69. The molecule has 0 heterocycles. The molecule has 3 heteroatoms. The molecule has 0 aromatic heterocycles. The van der Waals surface area contributed by atoms with Crippen molar-refractivity contribution >= 4 is 18.6 Å². The average Bonchev–Trinajstić information content (AvgIpc) is 1.31. The summed E-state index contributed by atoms with van der Waals surface area (Å²) in [6.07, 6.45) is 0. The molecule has 0 aromatic carbocycles. The molecule has 2 nitrogen and oxygen atoms in total. The number of thiol groups is 1. The lowest BCUT2D eigenvalue weighted by atomic mass is 10.2. The molecule has 7 heavy (non-hydrogen) atoms. The van der Waals surface area contributed by atoms with Crippen LogP contribution in [0.4, 0.5) is 0 Å². The summed E-state index contributed by atoms with van der Waals surface area (Å²) in [4.78, 5) is 9.83. The molecule has 0 fully saturated rings. The summed E-state index contributed by atoms with van der Waals surface area (Å²) in [7, 11) is 0. The number of aliphatic carboxylic acids is 1. The van der Waals surface area contributed by atoms with Gasteiger partial charge in [-0.25, -0.2) is 0 Å². The van der Waals surface area contributed by atoms with E-state index in [-0.39, 0.29) is 0 Å². The fraction of sp³-hybridized carbons (Fsp3) is 0.750. The van der Waals surface area contributed by atoms with E-state index in [0.29, 0.717) is 0 Å². The Morgan fingerprint density at radius 3 is 1.86 bits per heavy atom. The van der Waals surface area contributed by atoms with Gasteiger partial charge in [-0.2, -0.15) is 12.6 Å². The largest absolute Gasteiger partial charge is 0.549 e. The molecule has 0 rings (SSSR count). The van der Waals surface area contributed by atoms with Gasteiger partial charge < -0.3 is 9.90 Å². The minimum Gasteiger partial charge on any atom is -0.549 e. The second-order valence-electron chi connectivity index (χ2n) is 1.85. The fourth-order valence-electron chi connectivity index (χ4n) is 0. The van der Waals surface area contributed by atoms with Crippen LogP contribution in [0.3, 0.4) is 0 Å². The molecule has 0 aliphatic heterocycles. The van der Waals surface area contributed by atoms with Crippen LogP contribution in [-0.4, -0.2) is 10.7 Å². The van der Waals surface area contributed by atoms with Gasteiger partial charge in [0.1, 0.15) is 0 Å². The zero-order valence-electron chi connectivity index (χ0n) is 4.26. The van der Waals surface area contributed by atoms with Gasteiger partial charge in [-0.3, -0.25) is 0 Å². The normalized spacial score (nSPS) is 11.3. The summed E-state index contributed by atoms with van der Waals surface area (Å²) < 4.78 is -1.00. The van der Waals surface area contributed by atoms with Crippen LogP contribution in [0.2, 0.25) is 0 Å². The summed E-state index contributed by atoms with van der Waals surface area (Å²) in [6, 6.07) is 0. The molecule has 0 unspecified atom stereocenters. The molecule has 0 saturated heterocycles. The first kappa shape index (κ1) is 6.82. The van der Waals surface area contributed by atoms with Gasteiger partial charge >= 0.3 is 0 Å². The van der Waals surface area contributed by atoms with Gasteiger partial charge in [-0.05, 0) is 13.8 Å². The fourth-order valence-corrected chi connectivity index (χ4v) is 0. The van der Waals surface area contributed by atoms with E-state index in [1.165, 1.54) is 13.8 Å². The van der Waals surface area contributed by atoms with Gasteiger partial charge in [0.2, 0.25) is 0 Å². The molecule has 42 valence electrons. The lowest BCUT2D eigenvalue weighted by Crippen LogP contribution is -2.39.